The Morgan fingerprint density at radius 3 is 1.62 bits per heavy atom. The van der Waals surface area contributed by atoms with E-state index in [0.717, 1.165) is 35.6 Å². The van der Waals surface area contributed by atoms with Gasteiger partial charge in [-0.2, -0.15) is 10.2 Å². The van der Waals surface area contributed by atoms with Gasteiger partial charge in [0.15, 0.2) is 11.6 Å². The SMILES string of the molecule is Cn1cc(S(=O)(=O)[C@](C)(F)C2CCN(C(=O)Nc3ccon3)CC2)c(C(F)F)n1.Cn1cc(S(=O)(=O)[C@](C)(F)C2CCNCC2)c(C(F)F)n1.O=C(Nc1ccon1)Oc1ccccc1. The van der Waals surface area contributed by atoms with E-state index in [1.807, 2.05) is 6.07 Å². The maximum absolute atomic E-state index is 15.5. The van der Waals surface area contributed by atoms with Gasteiger partial charge < -0.3 is 24.0 Å². The van der Waals surface area contributed by atoms with Crippen molar-refractivity contribution in [2.24, 2.45) is 25.9 Å². The highest BCUT2D eigenvalue weighted by Crippen LogP contribution is 2.42. The minimum Gasteiger partial charge on any atom is -0.410 e. The number of likely N-dealkylation sites (tertiary alicyclic amines) is 1. The van der Waals surface area contributed by atoms with Crippen molar-refractivity contribution in [1.82, 2.24) is 40.1 Å². The van der Waals surface area contributed by atoms with Crippen LogP contribution in [0.1, 0.15) is 63.8 Å². The lowest BCUT2D eigenvalue weighted by atomic mass is 9.92. The van der Waals surface area contributed by atoms with E-state index in [1.165, 1.54) is 43.7 Å². The first-order valence-electron chi connectivity index (χ1n) is 19.7. The van der Waals surface area contributed by atoms with Crippen LogP contribution in [0, 0.1) is 11.8 Å². The van der Waals surface area contributed by atoms with E-state index in [0.29, 0.717) is 37.5 Å². The summed E-state index contributed by atoms with van der Waals surface area (Å²) in [5.74, 6) is -0.704. The average Bonchev–Trinajstić information content (AvgIpc) is 4.11. The molecule has 2 aliphatic heterocycles. The third-order valence-electron chi connectivity index (χ3n) is 10.6. The number of ether oxygens (including phenoxy) is 1. The predicted octanol–water partition coefficient (Wildman–Crippen LogP) is 6.85. The van der Waals surface area contributed by atoms with Gasteiger partial charge in [0, 0.05) is 63.5 Å². The molecular formula is C38H46F6N10O9S2. The standard InChI is InChI=1S/C16H20F3N5O4S.C12H18F3N3O2S.C10H8N2O3/c1-16(19,29(26,27)11-9-23(2)21-13(11)14(17)18)10-3-6-24(7-4-10)15(25)20-12-5-8-28-22-12;1-12(15,8-3-5-16-6-4-8)21(19,20)9-7-18(2)17-10(9)11(13)14;13-10(11-9-6-7-14-12-9)15-8-4-2-1-3-5-8/h5,8-10,14H,3-4,6-7H2,1-2H3,(H,20,22,25);7-8,11,16H,3-6H2,1-2H3;1-7H,(H,11,12,13)/t16-;12-;/m00./s1. The number of benzene rings is 1. The zero-order valence-corrected chi connectivity index (χ0v) is 36.8. The number of nitrogens with one attached hydrogen (secondary N) is 3. The van der Waals surface area contributed by atoms with Gasteiger partial charge in [0.25, 0.3) is 12.9 Å². The molecule has 0 unspecified atom stereocenters. The van der Waals surface area contributed by atoms with Crippen molar-refractivity contribution < 1.29 is 66.6 Å². The highest BCUT2D eigenvalue weighted by Gasteiger charge is 2.51. The molecular weight excluding hydrogens is 919 g/mol. The van der Waals surface area contributed by atoms with Gasteiger partial charge in [-0.05, 0) is 64.8 Å². The number of nitrogens with zero attached hydrogens (tertiary/aromatic N) is 7. The first kappa shape index (κ1) is 50.0. The van der Waals surface area contributed by atoms with Crippen LogP contribution in [-0.4, -0.2) is 99.9 Å². The normalized spacial score (nSPS) is 17.0. The summed E-state index contributed by atoms with van der Waals surface area (Å²) in [4.78, 5) is 23.3. The van der Waals surface area contributed by atoms with Crippen molar-refractivity contribution in [1.29, 1.82) is 0 Å². The fraction of sp³-hybridized carbons (Fsp3) is 0.474. The molecule has 2 fully saturated rings. The Morgan fingerprint density at radius 1 is 0.738 bits per heavy atom. The first-order chi connectivity index (χ1) is 30.6. The number of anilines is 2. The minimum absolute atomic E-state index is 0.0444. The average molecular weight is 965 g/mol. The van der Waals surface area contributed by atoms with Crippen LogP contribution < -0.4 is 20.7 Å². The molecule has 4 aromatic heterocycles. The Balaban J connectivity index is 0.000000193. The molecule has 6 heterocycles. The van der Waals surface area contributed by atoms with Crippen molar-refractivity contribution in [3.63, 3.8) is 0 Å². The number of alkyl halides is 6. The lowest BCUT2D eigenvalue weighted by Gasteiger charge is -2.37. The van der Waals surface area contributed by atoms with Crippen molar-refractivity contribution in [2.75, 3.05) is 36.8 Å². The molecule has 1 aromatic carbocycles. The molecule has 5 aromatic rings. The number of urea groups is 1. The number of hydrogen-bond acceptors (Lipinski definition) is 14. The Kier molecular flexibility index (Phi) is 16.1. The van der Waals surface area contributed by atoms with Crippen molar-refractivity contribution in [3.8, 4) is 5.75 Å². The molecule has 3 N–H and O–H groups in total. The van der Waals surface area contributed by atoms with Crippen LogP contribution in [-0.2, 0) is 33.8 Å². The summed E-state index contributed by atoms with van der Waals surface area (Å²) < 4.78 is 149. The zero-order valence-electron chi connectivity index (χ0n) is 35.2. The quantitative estimate of drug-likeness (QED) is 0.115. The number of aromatic nitrogens is 6. The summed E-state index contributed by atoms with van der Waals surface area (Å²) in [5, 5.41) is 16.5. The maximum Gasteiger partial charge on any atom is 0.418 e. The second kappa shape index (κ2) is 20.9. The lowest BCUT2D eigenvalue weighted by Crippen LogP contribution is -2.48. The van der Waals surface area contributed by atoms with E-state index in [1.54, 1.807) is 24.3 Å². The summed E-state index contributed by atoms with van der Waals surface area (Å²) in [6.07, 6.45) is -1.58. The number of para-hydroxylation sites is 1. The topological polar surface area (TPSA) is 239 Å². The first-order valence-corrected chi connectivity index (χ1v) is 22.6. The van der Waals surface area contributed by atoms with Crippen LogP contribution in [0.3, 0.4) is 0 Å². The fourth-order valence-corrected chi connectivity index (χ4v) is 10.6. The molecule has 2 saturated heterocycles. The molecule has 0 aliphatic carbocycles. The number of aryl methyl sites for hydroxylation is 2. The Morgan fingerprint density at radius 2 is 1.18 bits per heavy atom. The number of carbonyl (C=O) groups is 2. The van der Waals surface area contributed by atoms with Crippen LogP contribution in [0.15, 0.2) is 86.2 Å². The van der Waals surface area contributed by atoms with Crippen LogP contribution in [0.2, 0.25) is 0 Å². The van der Waals surface area contributed by atoms with Gasteiger partial charge in [-0.15, -0.1) is 0 Å². The third-order valence-corrected chi connectivity index (χ3v) is 15.1. The number of hydrogen-bond donors (Lipinski definition) is 3. The van der Waals surface area contributed by atoms with E-state index >= 15 is 4.39 Å². The van der Waals surface area contributed by atoms with Gasteiger partial charge >= 0.3 is 12.1 Å². The highest BCUT2D eigenvalue weighted by molar-refractivity contribution is 7.93. The second-order valence-corrected chi connectivity index (χ2v) is 19.5. The molecule has 0 radical (unpaired) electrons. The Bertz CT molecular complexity index is 2550. The van der Waals surface area contributed by atoms with E-state index in [4.69, 9.17) is 4.74 Å². The van der Waals surface area contributed by atoms with E-state index in [2.05, 4.69) is 45.5 Å². The third kappa shape index (κ3) is 11.8. The molecule has 27 heteroatoms. The monoisotopic (exact) mass is 964 g/mol. The van der Waals surface area contributed by atoms with Crippen molar-refractivity contribution in [3.05, 3.63) is 78.8 Å². The lowest BCUT2D eigenvalue weighted by molar-refractivity contribution is 0.116. The molecule has 356 valence electrons. The number of halogens is 6. The van der Waals surface area contributed by atoms with Crippen LogP contribution >= 0.6 is 0 Å². The van der Waals surface area contributed by atoms with E-state index in [-0.39, 0.29) is 31.7 Å². The number of sulfone groups is 2. The maximum atomic E-state index is 15.5. The van der Waals surface area contributed by atoms with Crippen LogP contribution in [0.4, 0.5) is 47.6 Å². The Hall–Kier alpha value is -5.96. The molecule has 2 aliphatic rings. The van der Waals surface area contributed by atoms with Gasteiger partial charge in [-0.3, -0.25) is 20.0 Å². The molecule has 7 rings (SSSR count). The Labute approximate surface area is 368 Å². The van der Waals surface area contributed by atoms with Gasteiger partial charge in [-0.1, -0.05) is 28.5 Å². The van der Waals surface area contributed by atoms with E-state index in [9.17, 15) is 48.4 Å². The number of amides is 3. The zero-order chi connectivity index (χ0) is 47.7. The highest BCUT2D eigenvalue weighted by atomic mass is 32.2. The molecule has 2 atom stereocenters. The number of rotatable bonds is 11. The smallest absolute Gasteiger partial charge is 0.410 e. The fourth-order valence-electron chi connectivity index (χ4n) is 6.96. The summed E-state index contributed by atoms with van der Waals surface area (Å²) >= 11 is 0. The second-order valence-electron chi connectivity index (χ2n) is 15.0. The summed E-state index contributed by atoms with van der Waals surface area (Å²) in [6.45, 7) is 3.04. The molecule has 65 heavy (non-hydrogen) atoms. The van der Waals surface area contributed by atoms with Gasteiger partial charge in [-0.25, -0.2) is 52.8 Å². The molecule has 0 bridgehead atoms. The van der Waals surface area contributed by atoms with Crippen LogP contribution in [0.5, 0.6) is 5.75 Å². The molecule has 19 nitrogen and oxygen atoms in total. The number of carbonyl (C=O) groups excluding carboxylic acids is 2. The van der Waals surface area contributed by atoms with E-state index < -0.39 is 87.7 Å². The van der Waals surface area contributed by atoms with Crippen molar-refractivity contribution >= 4 is 43.4 Å². The molecule has 0 spiro atoms. The van der Waals surface area contributed by atoms with Gasteiger partial charge in [0.1, 0.15) is 39.5 Å². The summed E-state index contributed by atoms with van der Waals surface area (Å²) in [6, 6.07) is 11.2. The summed E-state index contributed by atoms with van der Waals surface area (Å²) in [7, 11) is -6.69. The molecule has 3 amide bonds. The van der Waals surface area contributed by atoms with Gasteiger partial charge in [0.05, 0.1) is 0 Å². The van der Waals surface area contributed by atoms with Gasteiger partial charge in [0.2, 0.25) is 29.7 Å². The number of piperidine rings is 2. The minimum atomic E-state index is -4.74. The largest absolute Gasteiger partial charge is 0.418 e. The van der Waals surface area contributed by atoms with Crippen LogP contribution in [0.25, 0.3) is 0 Å². The summed E-state index contributed by atoms with van der Waals surface area (Å²) in [5.41, 5.74) is -1.86. The van der Waals surface area contributed by atoms with Crippen molar-refractivity contribution in [2.45, 2.75) is 72.2 Å². The molecule has 0 saturated carbocycles. The predicted molar refractivity (Wildman–Crippen MR) is 218 cm³/mol.